The molecule has 0 heterocycles. The number of aryl methyl sites for hydroxylation is 1. The van der Waals surface area contributed by atoms with E-state index in [1.807, 2.05) is 0 Å². The highest BCUT2D eigenvalue weighted by atomic mass is 32.2. The van der Waals surface area contributed by atoms with Crippen LogP contribution in [0.5, 0.6) is 0 Å². The minimum absolute atomic E-state index is 0.0837. The van der Waals surface area contributed by atoms with E-state index in [2.05, 4.69) is 5.32 Å². The maximum Gasteiger partial charge on any atom is 0.321 e. The van der Waals surface area contributed by atoms with Crippen molar-refractivity contribution in [3.63, 3.8) is 0 Å². The van der Waals surface area contributed by atoms with Gasteiger partial charge in [0.2, 0.25) is 15.9 Å². The van der Waals surface area contributed by atoms with Crippen molar-refractivity contribution in [2.45, 2.75) is 31.7 Å². The molecule has 1 unspecified atom stereocenters. The highest BCUT2D eigenvalue weighted by molar-refractivity contribution is 7.89. The predicted octanol–water partition coefficient (Wildman–Crippen LogP) is 0.734. The lowest BCUT2D eigenvalue weighted by Gasteiger charge is -2.26. The van der Waals surface area contributed by atoms with Gasteiger partial charge in [0.25, 0.3) is 0 Å². The Morgan fingerprint density at radius 1 is 1.39 bits per heavy atom. The van der Waals surface area contributed by atoms with E-state index in [1.54, 1.807) is 6.92 Å². The molecule has 0 spiro atoms. The summed E-state index contributed by atoms with van der Waals surface area (Å²) in [7, 11) is -4.36. The molecule has 1 amide bonds. The highest BCUT2D eigenvalue weighted by Gasteiger charge is 2.34. The molecule has 1 atom stereocenters. The molecule has 128 valence electrons. The monoisotopic (exact) mass is 346 g/mol. The van der Waals surface area contributed by atoms with E-state index in [4.69, 9.17) is 5.11 Å². The van der Waals surface area contributed by atoms with Crippen LogP contribution >= 0.6 is 0 Å². The number of carboxylic acids is 1. The molecule has 2 N–H and O–H groups in total. The van der Waals surface area contributed by atoms with Crippen LogP contribution in [-0.2, 0) is 19.6 Å². The van der Waals surface area contributed by atoms with Crippen molar-refractivity contribution in [3.8, 4) is 0 Å². The van der Waals surface area contributed by atoms with Crippen LogP contribution in [0, 0.1) is 12.7 Å². The summed E-state index contributed by atoms with van der Waals surface area (Å²) in [4.78, 5) is 21.5. The van der Waals surface area contributed by atoms with Gasteiger partial charge in [-0.25, -0.2) is 12.8 Å². The van der Waals surface area contributed by atoms with Crippen molar-refractivity contribution < 1.29 is 27.5 Å². The quantitative estimate of drug-likeness (QED) is 0.758. The smallest absolute Gasteiger partial charge is 0.321 e. The molecule has 0 aliphatic rings. The first-order valence-electron chi connectivity index (χ1n) is 6.82. The lowest BCUT2D eigenvalue weighted by molar-refractivity contribution is -0.140. The topological polar surface area (TPSA) is 104 Å². The van der Waals surface area contributed by atoms with Crippen LogP contribution in [0.15, 0.2) is 23.1 Å². The molecule has 0 bridgehead atoms. The van der Waals surface area contributed by atoms with Gasteiger partial charge in [0, 0.05) is 20.0 Å². The molecule has 0 saturated heterocycles. The van der Waals surface area contributed by atoms with Crippen LogP contribution < -0.4 is 5.32 Å². The summed E-state index contributed by atoms with van der Waals surface area (Å²) in [5.41, 5.74) is 0.539. The molecular weight excluding hydrogens is 327 g/mol. The second-order valence-electron chi connectivity index (χ2n) is 5.05. The fourth-order valence-electron chi connectivity index (χ4n) is 1.93. The average molecular weight is 346 g/mol. The Bertz CT molecular complexity index is 705. The fourth-order valence-corrected chi connectivity index (χ4v) is 3.56. The van der Waals surface area contributed by atoms with E-state index in [9.17, 15) is 22.4 Å². The number of amides is 1. The molecule has 0 aliphatic carbocycles. The molecule has 9 heteroatoms. The van der Waals surface area contributed by atoms with Gasteiger partial charge in [-0.2, -0.15) is 4.31 Å². The summed E-state index contributed by atoms with van der Waals surface area (Å²) < 4.78 is 39.8. The highest BCUT2D eigenvalue weighted by Crippen LogP contribution is 2.22. The lowest BCUT2D eigenvalue weighted by atomic mass is 10.2. The maximum absolute atomic E-state index is 14.0. The van der Waals surface area contributed by atoms with Crippen LogP contribution in [0.25, 0.3) is 0 Å². The van der Waals surface area contributed by atoms with E-state index >= 15 is 0 Å². The molecule has 0 fully saturated rings. The number of carboxylic acid groups (broad SMARTS) is 1. The first kappa shape index (κ1) is 19.0. The minimum atomic E-state index is -4.36. The van der Waals surface area contributed by atoms with E-state index in [-0.39, 0.29) is 19.0 Å². The molecular formula is C14H19FN2O5S. The molecule has 23 heavy (non-hydrogen) atoms. The van der Waals surface area contributed by atoms with Gasteiger partial charge in [0.15, 0.2) is 0 Å². The van der Waals surface area contributed by atoms with Gasteiger partial charge in [-0.3, -0.25) is 9.59 Å². The number of halogens is 1. The predicted molar refractivity (Wildman–Crippen MR) is 80.8 cm³/mol. The number of hydrogen-bond acceptors (Lipinski definition) is 4. The van der Waals surface area contributed by atoms with Crippen molar-refractivity contribution in [2.75, 3.05) is 13.1 Å². The van der Waals surface area contributed by atoms with Gasteiger partial charge in [-0.05, 0) is 31.5 Å². The number of nitrogens with one attached hydrogen (secondary N) is 1. The van der Waals surface area contributed by atoms with E-state index in [0.29, 0.717) is 9.87 Å². The molecule has 0 radical (unpaired) electrons. The van der Waals surface area contributed by atoms with Crippen LogP contribution in [0.4, 0.5) is 4.39 Å². The van der Waals surface area contributed by atoms with Gasteiger partial charge in [0.1, 0.15) is 16.8 Å². The summed E-state index contributed by atoms with van der Waals surface area (Å²) in [5, 5.41) is 11.5. The Morgan fingerprint density at radius 2 is 2.00 bits per heavy atom. The third-order valence-electron chi connectivity index (χ3n) is 3.17. The van der Waals surface area contributed by atoms with Crippen LogP contribution in [-0.4, -0.2) is 48.8 Å². The summed E-state index contributed by atoms with van der Waals surface area (Å²) in [6, 6.07) is 2.17. The van der Waals surface area contributed by atoms with Crippen LogP contribution in [0.3, 0.4) is 0 Å². The SMILES string of the molecule is CC(=O)NCCN(C(C)C(=O)O)S(=O)(=O)c1ccc(C)cc1F. The largest absolute Gasteiger partial charge is 0.480 e. The van der Waals surface area contributed by atoms with Gasteiger partial charge >= 0.3 is 5.97 Å². The van der Waals surface area contributed by atoms with E-state index in [0.717, 1.165) is 12.1 Å². The van der Waals surface area contributed by atoms with Crippen molar-refractivity contribution in [1.29, 1.82) is 0 Å². The Kier molecular flexibility index (Phi) is 6.22. The third-order valence-corrected chi connectivity index (χ3v) is 5.17. The zero-order valence-electron chi connectivity index (χ0n) is 13.0. The van der Waals surface area contributed by atoms with Crippen LogP contribution in [0.1, 0.15) is 19.4 Å². The van der Waals surface area contributed by atoms with Gasteiger partial charge in [-0.15, -0.1) is 0 Å². The van der Waals surface area contributed by atoms with E-state index in [1.165, 1.54) is 19.9 Å². The lowest BCUT2D eigenvalue weighted by Crippen LogP contribution is -2.46. The first-order chi connectivity index (χ1) is 10.6. The average Bonchev–Trinajstić information content (AvgIpc) is 2.41. The molecule has 7 nitrogen and oxygen atoms in total. The van der Waals surface area contributed by atoms with Gasteiger partial charge in [-0.1, -0.05) is 6.07 Å². The summed E-state index contributed by atoms with van der Waals surface area (Å²) in [6.45, 7) is 3.66. The summed E-state index contributed by atoms with van der Waals surface area (Å²) in [6.07, 6.45) is 0. The molecule has 0 aliphatic heterocycles. The fraction of sp³-hybridized carbons (Fsp3) is 0.429. The number of carbonyl (C=O) groups is 2. The molecule has 1 aromatic rings. The number of benzene rings is 1. The van der Waals surface area contributed by atoms with Gasteiger partial charge in [0.05, 0.1) is 0 Å². The number of aliphatic carboxylic acids is 1. The van der Waals surface area contributed by atoms with Crippen molar-refractivity contribution in [2.24, 2.45) is 0 Å². The normalized spacial score (nSPS) is 12.9. The number of rotatable bonds is 7. The van der Waals surface area contributed by atoms with Crippen molar-refractivity contribution in [1.82, 2.24) is 9.62 Å². The number of sulfonamides is 1. The van der Waals surface area contributed by atoms with E-state index < -0.39 is 32.7 Å². The number of hydrogen-bond donors (Lipinski definition) is 2. The zero-order valence-corrected chi connectivity index (χ0v) is 13.9. The third kappa shape index (κ3) is 4.73. The van der Waals surface area contributed by atoms with Crippen LogP contribution in [0.2, 0.25) is 0 Å². The Labute approximate surface area is 134 Å². The Morgan fingerprint density at radius 3 is 2.48 bits per heavy atom. The molecule has 0 aromatic heterocycles. The Balaban J connectivity index is 3.21. The standard InChI is InChI=1S/C14H19FN2O5S/c1-9-4-5-13(12(15)8-9)23(21,22)17(10(2)14(19)20)7-6-16-11(3)18/h4-5,8,10H,6-7H2,1-3H3,(H,16,18)(H,19,20). The summed E-state index contributed by atoms with van der Waals surface area (Å²) >= 11 is 0. The number of carbonyl (C=O) groups excluding carboxylic acids is 1. The molecule has 0 saturated carbocycles. The van der Waals surface area contributed by atoms with Crippen molar-refractivity contribution in [3.05, 3.63) is 29.6 Å². The maximum atomic E-state index is 14.0. The molecule has 1 rings (SSSR count). The van der Waals surface area contributed by atoms with Gasteiger partial charge < -0.3 is 10.4 Å². The Hall–Kier alpha value is -2.00. The minimum Gasteiger partial charge on any atom is -0.480 e. The van der Waals surface area contributed by atoms with Crippen molar-refractivity contribution >= 4 is 21.9 Å². The first-order valence-corrected chi connectivity index (χ1v) is 8.26. The summed E-state index contributed by atoms with van der Waals surface area (Å²) in [5.74, 6) is -2.71. The second kappa shape index (κ2) is 7.51. The zero-order chi connectivity index (χ0) is 17.8. The second-order valence-corrected chi connectivity index (χ2v) is 6.91. The molecule has 1 aromatic carbocycles. The number of nitrogens with zero attached hydrogens (tertiary/aromatic N) is 1.